The summed E-state index contributed by atoms with van der Waals surface area (Å²) in [6, 6.07) is 106. The van der Waals surface area contributed by atoms with Gasteiger partial charge in [0.15, 0.2) is 5.58 Å². The Morgan fingerprint density at radius 2 is 0.798 bits per heavy atom. The lowest BCUT2D eigenvalue weighted by atomic mass is 9.92. The largest absolute Gasteiger partial charge is 0.456 e. The molecule has 0 radical (unpaired) electrons. The zero-order valence-corrected chi connectivity index (χ0v) is 52.1. The molecule has 0 bridgehead atoms. The zero-order chi connectivity index (χ0) is 61.8. The third-order valence-corrected chi connectivity index (χ3v) is 21.0. The van der Waals surface area contributed by atoms with E-state index in [4.69, 9.17) is 8.83 Å². The molecule has 6 heterocycles. The monoisotopic (exact) mass is 1240 g/mol. The van der Waals surface area contributed by atoms with Crippen LogP contribution in [-0.2, 0) is 0 Å². The SMILES string of the molecule is c1ccc2c(-c3ccc(N(c4ccc(-c5cccc6c5sc5cnccc56)cc4)c4cccc5c4oc4ccccc45)cc3)cc(-c3ccc(-c4ccc(N(c5ccc(-c6ccc7sc8ccncc8c7c6)cc5)c5ccc6oc7ccccc7c6c5)cc4)cc3)cc2c1. The minimum Gasteiger partial charge on any atom is -0.456 e. The summed E-state index contributed by atoms with van der Waals surface area (Å²) in [5, 5.41) is 11.7. The van der Waals surface area contributed by atoms with E-state index in [9.17, 15) is 0 Å². The molecule has 0 spiro atoms. The van der Waals surface area contributed by atoms with Gasteiger partial charge >= 0.3 is 0 Å². The Balaban J connectivity index is 0.643. The Morgan fingerprint density at radius 3 is 1.54 bits per heavy atom. The third kappa shape index (κ3) is 9.06. The Morgan fingerprint density at radius 1 is 0.266 bits per heavy atom. The first-order valence-electron chi connectivity index (χ1n) is 31.5. The van der Waals surface area contributed by atoms with Crippen LogP contribution in [0.4, 0.5) is 34.1 Å². The zero-order valence-electron chi connectivity index (χ0n) is 50.4. The molecule has 8 heteroatoms. The fourth-order valence-electron chi connectivity index (χ4n) is 14.1. The second-order valence-electron chi connectivity index (χ2n) is 24.1. The molecule has 440 valence electrons. The quantitative estimate of drug-likeness (QED) is 0.129. The van der Waals surface area contributed by atoms with Gasteiger partial charge in [-0.2, -0.15) is 0 Å². The highest BCUT2D eigenvalue weighted by molar-refractivity contribution is 7.26. The minimum atomic E-state index is 0.844. The van der Waals surface area contributed by atoms with Gasteiger partial charge in [0.05, 0.1) is 10.4 Å². The van der Waals surface area contributed by atoms with Crippen LogP contribution in [-0.4, -0.2) is 9.97 Å². The number of fused-ring (bicyclic) bond motifs is 13. The van der Waals surface area contributed by atoms with Crippen LogP contribution < -0.4 is 9.80 Å². The number of nitrogens with zero attached hydrogens (tertiary/aromatic N) is 4. The van der Waals surface area contributed by atoms with E-state index in [0.717, 1.165) is 117 Å². The van der Waals surface area contributed by atoms with Crippen molar-refractivity contribution in [3.63, 3.8) is 0 Å². The molecular weight excluding hydrogens is 1190 g/mol. The smallest absolute Gasteiger partial charge is 0.159 e. The van der Waals surface area contributed by atoms with Crippen molar-refractivity contribution in [2.75, 3.05) is 9.80 Å². The van der Waals surface area contributed by atoms with E-state index in [1.54, 1.807) is 11.3 Å². The Hall–Kier alpha value is -11.9. The standard InChI is InChI=1S/C86H52N4O2S2/c1-2-10-67-60(9-1)47-61(49-74(67)58-29-38-65(39-30-58)90(78-16-8-14-72-69-11-3-6-18-80(69)92-85(72)78)64-36-27-57(28-37-64)68-13-7-15-73-71-43-45-88-52-84(71)94-86(68)73)56-21-19-53(20-22-56)54-23-32-62(33-24-54)89(66-40-41-81-75(50-66)70-12-4-5-17-79(70)91-81)63-34-25-55(26-35-63)59-31-42-82-76(48-59)77-51-87-46-44-83(77)93-82/h1-52H. The summed E-state index contributed by atoms with van der Waals surface area (Å²) in [6.07, 6.45) is 7.71. The Labute approximate surface area is 548 Å². The van der Waals surface area contributed by atoms with E-state index in [1.807, 2.05) is 54.3 Å². The Bertz CT molecular complexity index is 6160. The van der Waals surface area contributed by atoms with E-state index < -0.39 is 0 Å². The number of pyridine rings is 2. The molecule has 0 amide bonds. The fraction of sp³-hybridized carbons (Fsp3) is 0. The highest BCUT2D eigenvalue weighted by Crippen LogP contribution is 2.47. The molecule has 0 N–H and O–H groups in total. The molecule has 6 nitrogen and oxygen atoms in total. The maximum Gasteiger partial charge on any atom is 0.159 e. The van der Waals surface area contributed by atoms with Crippen molar-refractivity contribution in [3.8, 4) is 55.6 Å². The van der Waals surface area contributed by atoms with Crippen molar-refractivity contribution in [1.82, 2.24) is 9.97 Å². The molecule has 0 saturated carbocycles. The van der Waals surface area contributed by atoms with E-state index >= 15 is 0 Å². The molecule has 19 rings (SSSR count). The van der Waals surface area contributed by atoms with E-state index in [-0.39, 0.29) is 0 Å². The van der Waals surface area contributed by atoms with Crippen molar-refractivity contribution in [2.45, 2.75) is 0 Å². The van der Waals surface area contributed by atoms with Gasteiger partial charge in [0.2, 0.25) is 0 Å². The number of hydrogen-bond acceptors (Lipinski definition) is 8. The molecule has 0 fully saturated rings. The van der Waals surface area contributed by atoms with Crippen LogP contribution in [0.5, 0.6) is 0 Å². The molecule has 0 aliphatic rings. The molecule has 94 heavy (non-hydrogen) atoms. The van der Waals surface area contributed by atoms with Gasteiger partial charge in [-0.3, -0.25) is 9.97 Å². The number of para-hydroxylation sites is 3. The van der Waals surface area contributed by atoms with Crippen molar-refractivity contribution >= 4 is 152 Å². The molecule has 0 aliphatic heterocycles. The van der Waals surface area contributed by atoms with Gasteiger partial charge in [-0.05, 0) is 188 Å². The molecule has 19 aromatic rings. The van der Waals surface area contributed by atoms with Gasteiger partial charge in [-0.1, -0.05) is 170 Å². The van der Waals surface area contributed by atoms with E-state index in [2.05, 4.69) is 293 Å². The Kier molecular flexibility index (Phi) is 12.5. The number of furan rings is 2. The van der Waals surface area contributed by atoms with Crippen LogP contribution in [0.15, 0.2) is 325 Å². The number of aromatic nitrogens is 2. The van der Waals surface area contributed by atoms with Crippen LogP contribution in [0.3, 0.4) is 0 Å². The van der Waals surface area contributed by atoms with Crippen molar-refractivity contribution in [3.05, 3.63) is 316 Å². The number of rotatable bonds is 11. The van der Waals surface area contributed by atoms with Crippen LogP contribution in [0, 0.1) is 0 Å². The van der Waals surface area contributed by atoms with Crippen molar-refractivity contribution in [2.24, 2.45) is 0 Å². The van der Waals surface area contributed by atoms with Crippen LogP contribution in [0.2, 0.25) is 0 Å². The lowest BCUT2D eigenvalue weighted by Crippen LogP contribution is -2.10. The molecule has 13 aromatic carbocycles. The van der Waals surface area contributed by atoms with Gasteiger partial charge in [0.25, 0.3) is 0 Å². The average Bonchev–Trinajstić information content (AvgIpc) is 1.59. The summed E-state index contributed by atoms with van der Waals surface area (Å²) in [7, 11) is 0. The van der Waals surface area contributed by atoms with E-state index in [1.165, 1.54) is 67.8 Å². The predicted molar refractivity (Wildman–Crippen MR) is 396 cm³/mol. The maximum absolute atomic E-state index is 6.75. The molecule has 0 aliphatic carbocycles. The number of thiophene rings is 2. The summed E-state index contributed by atoms with van der Waals surface area (Å²) in [6.45, 7) is 0. The topological polar surface area (TPSA) is 58.5 Å². The average molecular weight is 1240 g/mol. The number of anilines is 6. The third-order valence-electron chi connectivity index (χ3n) is 18.7. The fourth-order valence-corrected chi connectivity index (χ4v) is 16.3. The summed E-state index contributed by atoms with van der Waals surface area (Å²) >= 11 is 3.61. The molecule has 0 unspecified atom stereocenters. The number of hydrogen-bond donors (Lipinski definition) is 0. The number of benzene rings is 13. The normalized spacial score (nSPS) is 11.8. The van der Waals surface area contributed by atoms with Gasteiger partial charge in [-0.25, -0.2) is 0 Å². The van der Waals surface area contributed by atoms with Crippen LogP contribution in [0.25, 0.3) is 151 Å². The summed E-state index contributed by atoms with van der Waals surface area (Å²) in [4.78, 5) is 13.6. The first-order valence-corrected chi connectivity index (χ1v) is 33.2. The van der Waals surface area contributed by atoms with Gasteiger partial charge in [0.1, 0.15) is 16.7 Å². The summed E-state index contributed by atoms with van der Waals surface area (Å²) < 4.78 is 18.0. The van der Waals surface area contributed by atoms with Gasteiger partial charge in [0, 0.05) is 110 Å². The lowest BCUT2D eigenvalue weighted by molar-refractivity contribution is 0.668. The lowest BCUT2D eigenvalue weighted by Gasteiger charge is -2.26. The maximum atomic E-state index is 6.75. The second-order valence-corrected chi connectivity index (χ2v) is 26.2. The molecule has 6 aromatic heterocycles. The van der Waals surface area contributed by atoms with Crippen molar-refractivity contribution < 1.29 is 8.83 Å². The summed E-state index contributed by atoms with van der Waals surface area (Å²) in [5.41, 5.74) is 21.2. The highest BCUT2D eigenvalue weighted by atomic mass is 32.1. The van der Waals surface area contributed by atoms with Gasteiger partial charge in [-0.15, -0.1) is 22.7 Å². The first-order chi connectivity index (χ1) is 46.5. The van der Waals surface area contributed by atoms with Crippen LogP contribution in [0.1, 0.15) is 0 Å². The van der Waals surface area contributed by atoms with E-state index in [0.29, 0.717) is 0 Å². The summed E-state index contributed by atoms with van der Waals surface area (Å²) in [5.74, 6) is 0. The van der Waals surface area contributed by atoms with Crippen molar-refractivity contribution in [1.29, 1.82) is 0 Å². The predicted octanol–water partition coefficient (Wildman–Crippen LogP) is 25.4. The second kappa shape index (κ2) is 21.9. The molecule has 0 saturated heterocycles. The first kappa shape index (κ1) is 53.9. The van der Waals surface area contributed by atoms with Crippen LogP contribution >= 0.6 is 22.7 Å². The van der Waals surface area contributed by atoms with Gasteiger partial charge < -0.3 is 18.6 Å². The highest BCUT2D eigenvalue weighted by Gasteiger charge is 2.22. The molecular formula is C86H52N4O2S2. The minimum absolute atomic E-state index is 0.844. The molecule has 0 atom stereocenters.